The van der Waals surface area contributed by atoms with E-state index in [4.69, 9.17) is 27.6 Å². The van der Waals surface area contributed by atoms with E-state index in [-0.39, 0.29) is 44.9 Å². The molecule has 3 atom stereocenters. The zero-order chi connectivity index (χ0) is 37.4. The number of ether oxygens (including phenoxy) is 2. The summed E-state index contributed by atoms with van der Waals surface area (Å²) in [5.74, 6) is 3.11. The molecule has 0 spiro atoms. The molecule has 0 radical (unpaired) electrons. The van der Waals surface area contributed by atoms with Crippen molar-refractivity contribution in [2.75, 3.05) is 26.4 Å². The van der Waals surface area contributed by atoms with Gasteiger partial charge in [0.2, 0.25) is 0 Å². The molecule has 0 aliphatic carbocycles. The number of benzene rings is 1. The second-order valence-corrected chi connectivity index (χ2v) is 19.7. The van der Waals surface area contributed by atoms with Crippen molar-refractivity contribution in [2.24, 2.45) is 17.8 Å². The molecule has 1 heterocycles. The predicted octanol–water partition coefficient (Wildman–Crippen LogP) is 12.1. The number of rotatable bonds is 26. The molecule has 1 aromatic rings. The summed E-state index contributed by atoms with van der Waals surface area (Å²) in [4.78, 5) is 13.1. The van der Waals surface area contributed by atoms with Crippen LogP contribution in [0.3, 0.4) is 0 Å². The average molecular weight is 745 g/mol. The van der Waals surface area contributed by atoms with E-state index in [0.717, 1.165) is 60.3 Å². The van der Waals surface area contributed by atoms with E-state index in [0.29, 0.717) is 5.75 Å². The monoisotopic (exact) mass is 744 g/mol. The molecule has 1 aliphatic heterocycles. The minimum absolute atomic E-state index is 0.0728. The zero-order valence-electron chi connectivity index (χ0n) is 33.1. The van der Waals surface area contributed by atoms with Crippen LogP contribution < -0.4 is 9.47 Å². The van der Waals surface area contributed by atoms with Gasteiger partial charge in [0.25, 0.3) is 0 Å². The highest BCUT2D eigenvalue weighted by Crippen LogP contribution is 2.71. The van der Waals surface area contributed by atoms with Crippen LogP contribution >= 0.6 is 15.2 Å². The highest BCUT2D eigenvalue weighted by atomic mass is 31.2. The van der Waals surface area contributed by atoms with Crippen molar-refractivity contribution in [2.45, 2.75) is 164 Å². The second-order valence-electron chi connectivity index (χ2n) is 14.9. The lowest BCUT2D eigenvalue weighted by Crippen LogP contribution is -2.36. The lowest BCUT2D eigenvalue weighted by Gasteiger charge is -2.37. The number of hydrogen-bond donors (Lipinski definition) is 0. The van der Waals surface area contributed by atoms with Gasteiger partial charge in [0, 0.05) is 6.42 Å². The van der Waals surface area contributed by atoms with Gasteiger partial charge in [-0.05, 0) is 115 Å². The predicted molar refractivity (Wildman–Crippen MR) is 204 cm³/mol. The third-order valence-electron chi connectivity index (χ3n) is 9.68. The van der Waals surface area contributed by atoms with Crippen LogP contribution in [0.2, 0.25) is 0 Å². The zero-order valence-corrected chi connectivity index (χ0v) is 34.8. The van der Waals surface area contributed by atoms with Crippen LogP contribution in [0.25, 0.3) is 0 Å². The van der Waals surface area contributed by atoms with Gasteiger partial charge in [-0.2, -0.15) is 0 Å². The SMILES string of the molecule is CCOP(=O)(OCC)C(CCC(=O)Oc1cc(C)c2c(c1)CCC(C)(CCCC(C)CCCC(C)CCCC(C)C)O2)P(=O)(OCC)OCC. The topological polar surface area (TPSA) is 107 Å². The minimum Gasteiger partial charge on any atom is -0.487 e. The standard InChI is InChI=1S/C39H70O9P2/c1-11-43-49(41,44-12-2)37(50(42,45-13-3)46-14-4)24-23-36(40)47-35-28-33(9)38-34(29-35)25-27-39(10,48-38)26-17-22-32(8)21-16-20-31(7)19-15-18-30(5)6/h28-32,37H,11-27H2,1-10H3. The molecule has 11 heteroatoms. The first kappa shape index (κ1) is 44.9. The fourth-order valence-electron chi connectivity index (χ4n) is 6.93. The molecule has 1 aromatic carbocycles. The van der Waals surface area contributed by atoms with E-state index in [1.807, 2.05) is 19.1 Å². The molecule has 0 aromatic heterocycles. The van der Waals surface area contributed by atoms with Gasteiger partial charge in [0.1, 0.15) is 17.1 Å². The van der Waals surface area contributed by atoms with E-state index in [9.17, 15) is 13.9 Å². The van der Waals surface area contributed by atoms with E-state index in [2.05, 4.69) is 34.6 Å². The van der Waals surface area contributed by atoms with E-state index in [1.54, 1.807) is 27.7 Å². The van der Waals surface area contributed by atoms with E-state index >= 15 is 0 Å². The Morgan fingerprint density at radius 1 is 0.780 bits per heavy atom. The average Bonchev–Trinajstić information content (AvgIpc) is 3.02. The van der Waals surface area contributed by atoms with Crippen molar-refractivity contribution in [3.05, 3.63) is 23.3 Å². The highest BCUT2D eigenvalue weighted by Gasteiger charge is 2.50. The number of aryl methyl sites for hydroxylation is 2. The maximum absolute atomic E-state index is 13.8. The molecule has 0 bridgehead atoms. The summed E-state index contributed by atoms with van der Waals surface area (Å²) in [5.41, 5.74) is 1.72. The summed E-state index contributed by atoms with van der Waals surface area (Å²) in [5, 5.41) is -1.27. The van der Waals surface area contributed by atoms with Crippen LogP contribution in [-0.4, -0.2) is 43.4 Å². The van der Waals surface area contributed by atoms with Crippen molar-refractivity contribution in [1.29, 1.82) is 0 Å². The van der Waals surface area contributed by atoms with Gasteiger partial charge in [-0.25, -0.2) is 0 Å². The van der Waals surface area contributed by atoms with Gasteiger partial charge in [-0.1, -0.05) is 72.6 Å². The van der Waals surface area contributed by atoms with Gasteiger partial charge in [0.05, 0.1) is 26.4 Å². The normalized spacial score (nSPS) is 17.8. The van der Waals surface area contributed by atoms with Gasteiger partial charge in [-0.3, -0.25) is 13.9 Å². The lowest BCUT2D eigenvalue weighted by molar-refractivity contribution is -0.134. The molecule has 0 saturated heterocycles. The Morgan fingerprint density at radius 3 is 1.78 bits per heavy atom. The Hall–Kier alpha value is -1.21. The van der Waals surface area contributed by atoms with Crippen LogP contribution in [0.5, 0.6) is 11.5 Å². The van der Waals surface area contributed by atoms with Crippen LogP contribution in [0.4, 0.5) is 0 Å². The highest BCUT2D eigenvalue weighted by molar-refractivity contribution is 7.72. The summed E-state index contributed by atoms with van der Waals surface area (Å²) in [7, 11) is -7.90. The van der Waals surface area contributed by atoms with Gasteiger partial charge in [0.15, 0.2) is 5.40 Å². The fourth-order valence-corrected chi connectivity index (χ4v) is 12.3. The summed E-state index contributed by atoms with van der Waals surface area (Å²) in [6.07, 6.45) is 12.8. The maximum atomic E-state index is 13.8. The van der Waals surface area contributed by atoms with Crippen molar-refractivity contribution in [3.8, 4) is 11.5 Å². The Morgan fingerprint density at radius 2 is 1.28 bits per heavy atom. The maximum Gasteiger partial charge on any atom is 0.345 e. The Bertz CT molecular complexity index is 1200. The molecular weight excluding hydrogens is 674 g/mol. The van der Waals surface area contributed by atoms with Gasteiger partial charge < -0.3 is 27.6 Å². The first-order valence-corrected chi connectivity index (χ1v) is 22.7. The molecule has 290 valence electrons. The third-order valence-corrected chi connectivity index (χ3v) is 15.8. The number of hydrogen-bond acceptors (Lipinski definition) is 9. The summed E-state index contributed by atoms with van der Waals surface area (Å²) >= 11 is 0. The van der Waals surface area contributed by atoms with Crippen LogP contribution in [0.1, 0.15) is 150 Å². The van der Waals surface area contributed by atoms with Crippen molar-refractivity contribution < 1.29 is 41.5 Å². The summed E-state index contributed by atoms with van der Waals surface area (Å²) < 4.78 is 62.1. The van der Waals surface area contributed by atoms with Crippen molar-refractivity contribution in [1.82, 2.24) is 0 Å². The summed E-state index contributed by atoms with van der Waals surface area (Å²) in [6.45, 7) is 20.6. The molecule has 50 heavy (non-hydrogen) atoms. The van der Waals surface area contributed by atoms with Crippen molar-refractivity contribution >= 4 is 21.2 Å². The molecular formula is C39H70O9P2. The second kappa shape index (κ2) is 22.1. The number of carbonyl (C=O) groups is 1. The first-order chi connectivity index (χ1) is 23.6. The van der Waals surface area contributed by atoms with E-state index in [1.165, 1.54) is 44.9 Å². The molecule has 2 rings (SSSR count). The molecule has 0 N–H and O–H groups in total. The third kappa shape index (κ3) is 14.7. The first-order valence-electron chi connectivity index (χ1n) is 19.4. The minimum atomic E-state index is -3.95. The molecule has 0 fully saturated rings. The molecule has 9 nitrogen and oxygen atoms in total. The van der Waals surface area contributed by atoms with Crippen molar-refractivity contribution in [3.63, 3.8) is 0 Å². The number of esters is 1. The van der Waals surface area contributed by atoms with Crippen LogP contribution in [-0.2, 0) is 38.4 Å². The lowest BCUT2D eigenvalue weighted by atomic mass is 9.85. The van der Waals surface area contributed by atoms with Crippen LogP contribution in [0.15, 0.2) is 12.1 Å². The quantitative estimate of drug-likeness (QED) is 0.0520. The molecule has 3 unspecified atom stereocenters. The van der Waals surface area contributed by atoms with Crippen LogP contribution in [0, 0.1) is 24.7 Å². The van der Waals surface area contributed by atoms with Gasteiger partial charge >= 0.3 is 21.2 Å². The van der Waals surface area contributed by atoms with Gasteiger partial charge in [-0.15, -0.1) is 0 Å². The summed E-state index contributed by atoms with van der Waals surface area (Å²) in [6, 6.07) is 3.70. The number of fused-ring (bicyclic) bond motifs is 1. The smallest absolute Gasteiger partial charge is 0.345 e. The number of carbonyl (C=O) groups excluding carboxylic acids is 1. The Labute approximate surface area is 304 Å². The Kier molecular flexibility index (Phi) is 19.9. The largest absolute Gasteiger partial charge is 0.487 e. The molecule has 0 saturated carbocycles. The molecule has 0 amide bonds. The molecule has 1 aliphatic rings. The fraction of sp³-hybridized carbons (Fsp3) is 0.821. The Balaban J connectivity index is 1.97. The van der Waals surface area contributed by atoms with E-state index < -0.39 is 26.6 Å².